The summed E-state index contributed by atoms with van der Waals surface area (Å²) in [5, 5.41) is 0. The number of nitrogens with zero attached hydrogens (tertiary/aromatic N) is 2. The topological polar surface area (TPSA) is 34.2 Å². The van der Waals surface area contributed by atoms with Crippen molar-refractivity contribution < 1.29 is 14.2 Å². The summed E-state index contributed by atoms with van der Waals surface area (Å²) in [6, 6.07) is 7.85. The molecule has 0 aromatic heterocycles. The van der Waals surface area contributed by atoms with Crippen molar-refractivity contribution in [2.75, 3.05) is 41.4 Å². The highest BCUT2D eigenvalue weighted by Crippen LogP contribution is 2.30. The lowest BCUT2D eigenvalue weighted by Crippen LogP contribution is -2.35. The molecule has 5 nitrogen and oxygen atoms in total. The molecule has 0 amide bonds. The van der Waals surface area contributed by atoms with E-state index >= 15 is 0 Å². The van der Waals surface area contributed by atoms with Gasteiger partial charge in [-0.2, -0.15) is 0 Å². The van der Waals surface area contributed by atoms with Crippen molar-refractivity contribution in [3.05, 3.63) is 24.3 Å². The SMILES string of the molecule is CN(C)C1CCOCCC(N(C)C)Oc2ccccc2O1. The minimum atomic E-state index is -0.0225. The Labute approximate surface area is 127 Å². The fourth-order valence-electron chi connectivity index (χ4n) is 2.25. The molecule has 0 fully saturated rings. The van der Waals surface area contributed by atoms with Crippen LogP contribution in [-0.2, 0) is 4.74 Å². The average Bonchev–Trinajstić information content (AvgIpc) is 2.48. The molecule has 0 spiro atoms. The van der Waals surface area contributed by atoms with Crippen molar-refractivity contribution in [3.8, 4) is 11.5 Å². The first-order valence-electron chi connectivity index (χ1n) is 7.41. The van der Waals surface area contributed by atoms with Gasteiger partial charge in [-0.1, -0.05) is 12.1 Å². The molecule has 2 unspecified atom stereocenters. The van der Waals surface area contributed by atoms with Crippen molar-refractivity contribution in [3.63, 3.8) is 0 Å². The Hall–Kier alpha value is -1.30. The van der Waals surface area contributed by atoms with E-state index in [-0.39, 0.29) is 12.5 Å². The van der Waals surface area contributed by atoms with Crippen molar-refractivity contribution >= 4 is 0 Å². The van der Waals surface area contributed by atoms with Crippen LogP contribution < -0.4 is 9.47 Å². The molecule has 21 heavy (non-hydrogen) atoms. The maximum Gasteiger partial charge on any atom is 0.163 e. The summed E-state index contributed by atoms with van der Waals surface area (Å²) < 4.78 is 18.0. The largest absolute Gasteiger partial charge is 0.471 e. The number of benzene rings is 1. The molecular formula is C16H26N2O3. The van der Waals surface area contributed by atoms with E-state index in [4.69, 9.17) is 14.2 Å². The standard InChI is InChI=1S/C16H26N2O3/c1-17(2)15-9-11-19-12-10-16(18(3)4)21-14-8-6-5-7-13(14)20-15/h5-8,15-16H,9-12H2,1-4H3. The second-order valence-corrected chi connectivity index (χ2v) is 5.71. The molecule has 1 aromatic carbocycles. The third kappa shape index (κ3) is 4.59. The Morgan fingerprint density at radius 1 is 0.810 bits per heavy atom. The Bertz CT molecular complexity index is 398. The van der Waals surface area contributed by atoms with Crippen molar-refractivity contribution in [2.24, 2.45) is 0 Å². The molecule has 2 atom stereocenters. The molecule has 1 heterocycles. The first-order chi connectivity index (χ1) is 10.1. The lowest BCUT2D eigenvalue weighted by molar-refractivity contribution is 0.0148. The zero-order valence-corrected chi connectivity index (χ0v) is 13.4. The third-order valence-electron chi connectivity index (χ3n) is 3.55. The van der Waals surface area contributed by atoms with Crippen LogP contribution in [0.5, 0.6) is 11.5 Å². The number of para-hydroxylation sites is 2. The van der Waals surface area contributed by atoms with Gasteiger partial charge in [0.25, 0.3) is 0 Å². The van der Waals surface area contributed by atoms with Crippen LogP contribution in [0.15, 0.2) is 24.3 Å². The molecule has 2 rings (SSSR count). The molecule has 1 aliphatic rings. The van der Waals surface area contributed by atoms with E-state index in [9.17, 15) is 0 Å². The summed E-state index contributed by atoms with van der Waals surface area (Å²) in [7, 11) is 8.04. The van der Waals surface area contributed by atoms with Gasteiger partial charge in [0.15, 0.2) is 24.0 Å². The highest BCUT2D eigenvalue weighted by molar-refractivity contribution is 5.39. The van der Waals surface area contributed by atoms with E-state index in [1.54, 1.807) is 0 Å². The fraction of sp³-hybridized carbons (Fsp3) is 0.625. The first kappa shape index (κ1) is 16.1. The molecule has 0 saturated heterocycles. The zero-order valence-electron chi connectivity index (χ0n) is 13.4. The normalized spacial score (nSPS) is 23.9. The molecule has 1 aliphatic heterocycles. The van der Waals surface area contributed by atoms with E-state index in [1.807, 2.05) is 52.5 Å². The molecular weight excluding hydrogens is 268 g/mol. The molecule has 0 bridgehead atoms. The van der Waals surface area contributed by atoms with Crippen LogP contribution in [-0.4, -0.2) is 63.7 Å². The summed E-state index contributed by atoms with van der Waals surface area (Å²) in [5.41, 5.74) is 0. The number of ether oxygens (including phenoxy) is 3. The lowest BCUT2D eigenvalue weighted by atomic mass is 10.3. The van der Waals surface area contributed by atoms with E-state index in [2.05, 4.69) is 9.80 Å². The minimum absolute atomic E-state index is 0.0225. The van der Waals surface area contributed by atoms with Gasteiger partial charge < -0.3 is 14.2 Å². The second kappa shape index (κ2) is 7.64. The number of rotatable bonds is 2. The maximum atomic E-state index is 6.12. The van der Waals surface area contributed by atoms with Crippen LogP contribution in [0.4, 0.5) is 0 Å². The van der Waals surface area contributed by atoms with Gasteiger partial charge in [0.2, 0.25) is 0 Å². The van der Waals surface area contributed by atoms with Gasteiger partial charge in [-0.05, 0) is 40.3 Å². The molecule has 0 aliphatic carbocycles. The van der Waals surface area contributed by atoms with Gasteiger partial charge in [-0.3, -0.25) is 9.80 Å². The molecule has 0 radical (unpaired) electrons. The maximum absolute atomic E-state index is 6.12. The van der Waals surface area contributed by atoms with E-state index < -0.39 is 0 Å². The van der Waals surface area contributed by atoms with Crippen LogP contribution in [0.1, 0.15) is 12.8 Å². The van der Waals surface area contributed by atoms with Gasteiger partial charge in [0.1, 0.15) is 0 Å². The predicted molar refractivity (Wildman–Crippen MR) is 82.7 cm³/mol. The van der Waals surface area contributed by atoms with Gasteiger partial charge >= 0.3 is 0 Å². The molecule has 1 aromatic rings. The Kier molecular flexibility index (Phi) is 5.85. The first-order valence-corrected chi connectivity index (χ1v) is 7.41. The minimum Gasteiger partial charge on any atom is -0.471 e. The van der Waals surface area contributed by atoms with Gasteiger partial charge in [0.05, 0.1) is 13.2 Å². The van der Waals surface area contributed by atoms with Crippen LogP contribution in [0, 0.1) is 0 Å². The van der Waals surface area contributed by atoms with Crippen molar-refractivity contribution in [1.82, 2.24) is 9.80 Å². The monoisotopic (exact) mass is 294 g/mol. The van der Waals surface area contributed by atoms with Crippen LogP contribution in [0.25, 0.3) is 0 Å². The molecule has 118 valence electrons. The van der Waals surface area contributed by atoms with Crippen LogP contribution >= 0.6 is 0 Å². The molecule has 0 saturated carbocycles. The van der Waals surface area contributed by atoms with Gasteiger partial charge in [0, 0.05) is 12.8 Å². The fourth-order valence-corrected chi connectivity index (χ4v) is 2.25. The summed E-state index contributed by atoms with van der Waals surface area (Å²) in [4.78, 5) is 4.11. The Morgan fingerprint density at radius 3 is 1.62 bits per heavy atom. The summed E-state index contributed by atoms with van der Waals surface area (Å²) >= 11 is 0. The molecule has 5 heteroatoms. The van der Waals surface area contributed by atoms with E-state index in [1.165, 1.54) is 0 Å². The third-order valence-corrected chi connectivity index (χ3v) is 3.55. The summed E-state index contributed by atoms with van der Waals surface area (Å²) in [6.45, 7) is 1.37. The highest BCUT2D eigenvalue weighted by atomic mass is 16.6. The smallest absolute Gasteiger partial charge is 0.163 e. The molecule has 0 N–H and O–H groups in total. The summed E-state index contributed by atoms with van der Waals surface area (Å²) in [5.74, 6) is 1.56. The predicted octanol–water partition coefficient (Wildman–Crippen LogP) is 2.03. The Morgan fingerprint density at radius 2 is 1.24 bits per heavy atom. The Balaban J connectivity index is 2.24. The van der Waals surface area contributed by atoms with E-state index in [0.29, 0.717) is 13.2 Å². The van der Waals surface area contributed by atoms with E-state index in [0.717, 1.165) is 24.3 Å². The van der Waals surface area contributed by atoms with Gasteiger partial charge in [-0.15, -0.1) is 0 Å². The quantitative estimate of drug-likeness (QED) is 0.834. The second-order valence-electron chi connectivity index (χ2n) is 5.71. The van der Waals surface area contributed by atoms with Gasteiger partial charge in [-0.25, -0.2) is 0 Å². The average molecular weight is 294 g/mol. The zero-order chi connectivity index (χ0) is 15.2. The highest BCUT2D eigenvalue weighted by Gasteiger charge is 2.20. The van der Waals surface area contributed by atoms with Crippen molar-refractivity contribution in [2.45, 2.75) is 25.3 Å². The summed E-state index contributed by atoms with van der Waals surface area (Å²) in [6.07, 6.45) is 1.61. The number of hydrogen-bond donors (Lipinski definition) is 0. The number of fused-ring (bicyclic) bond motifs is 1. The van der Waals surface area contributed by atoms with Crippen molar-refractivity contribution in [1.29, 1.82) is 0 Å². The van der Waals surface area contributed by atoms with Crippen LogP contribution in [0.3, 0.4) is 0 Å². The number of hydrogen-bond acceptors (Lipinski definition) is 5. The van der Waals surface area contributed by atoms with Crippen LogP contribution in [0.2, 0.25) is 0 Å². The lowest BCUT2D eigenvalue weighted by Gasteiger charge is -2.27.